The molecule has 0 heterocycles. The van der Waals surface area contributed by atoms with Gasteiger partial charge in [0.2, 0.25) is 11.8 Å². The fraction of sp³-hybridized carbons (Fsp3) is 0.176. The third-order valence-corrected chi connectivity index (χ3v) is 4.04. The molecule has 0 aliphatic carbocycles. The Morgan fingerprint density at radius 2 is 1.75 bits per heavy atom. The van der Waals surface area contributed by atoms with Gasteiger partial charge >= 0.3 is 0 Å². The predicted molar refractivity (Wildman–Crippen MR) is 99.2 cm³/mol. The number of nitrogens with zero attached hydrogens (tertiary/aromatic N) is 1. The second kappa shape index (κ2) is 8.38. The Morgan fingerprint density at radius 1 is 1.04 bits per heavy atom. The van der Waals surface area contributed by atoms with E-state index in [9.17, 15) is 9.59 Å². The minimum absolute atomic E-state index is 0.106. The summed E-state index contributed by atoms with van der Waals surface area (Å²) >= 11 is 18.0. The molecule has 0 aliphatic rings. The van der Waals surface area contributed by atoms with Gasteiger partial charge in [0.1, 0.15) is 0 Å². The predicted octanol–water partition coefficient (Wildman–Crippen LogP) is 5.03. The van der Waals surface area contributed by atoms with Crippen molar-refractivity contribution < 1.29 is 9.59 Å². The fourth-order valence-corrected chi connectivity index (χ4v) is 2.72. The van der Waals surface area contributed by atoms with Crippen molar-refractivity contribution in [3.05, 3.63) is 57.5 Å². The van der Waals surface area contributed by atoms with Gasteiger partial charge in [-0.15, -0.1) is 0 Å². The maximum atomic E-state index is 12.1. The monoisotopic (exact) mass is 384 g/mol. The minimum atomic E-state index is -0.235. The molecule has 0 aliphatic heterocycles. The van der Waals surface area contributed by atoms with E-state index >= 15 is 0 Å². The van der Waals surface area contributed by atoms with Gasteiger partial charge in [0, 0.05) is 35.6 Å². The highest BCUT2D eigenvalue weighted by Gasteiger charge is 2.17. The van der Waals surface area contributed by atoms with Gasteiger partial charge in [-0.05, 0) is 36.4 Å². The van der Waals surface area contributed by atoms with Crippen molar-refractivity contribution in [3.63, 3.8) is 0 Å². The summed E-state index contributed by atoms with van der Waals surface area (Å²) in [7, 11) is 0. The number of carbonyl (C=O) groups is 2. The molecule has 0 aromatic heterocycles. The van der Waals surface area contributed by atoms with Gasteiger partial charge in [-0.2, -0.15) is 0 Å². The van der Waals surface area contributed by atoms with E-state index in [2.05, 4.69) is 5.32 Å². The van der Waals surface area contributed by atoms with Crippen LogP contribution in [0.5, 0.6) is 0 Å². The summed E-state index contributed by atoms with van der Waals surface area (Å²) in [5.74, 6) is -0.462. The molecule has 1 N–H and O–H groups in total. The van der Waals surface area contributed by atoms with Crippen LogP contribution >= 0.6 is 34.8 Å². The molecule has 0 saturated heterocycles. The molecule has 4 nitrogen and oxygen atoms in total. The van der Waals surface area contributed by atoms with Crippen LogP contribution in [0.15, 0.2) is 42.5 Å². The molecule has 0 saturated carbocycles. The Morgan fingerprint density at radius 3 is 2.42 bits per heavy atom. The van der Waals surface area contributed by atoms with Crippen LogP contribution in [-0.4, -0.2) is 18.4 Å². The first-order chi connectivity index (χ1) is 11.4. The maximum absolute atomic E-state index is 12.1. The van der Waals surface area contributed by atoms with E-state index in [1.807, 2.05) is 0 Å². The summed E-state index contributed by atoms with van der Waals surface area (Å²) in [5, 5.41) is 4.12. The van der Waals surface area contributed by atoms with E-state index in [4.69, 9.17) is 34.8 Å². The van der Waals surface area contributed by atoms with Crippen LogP contribution in [0.25, 0.3) is 0 Å². The number of anilines is 2. The zero-order valence-corrected chi connectivity index (χ0v) is 15.1. The van der Waals surface area contributed by atoms with Crippen LogP contribution < -0.4 is 10.2 Å². The van der Waals surface area contributed by atoms with Gasteiger partial charge in [-0.3, -0.25) is 9.59 Å². The molecule has 126 valence electrons. The molecule has 2 rings (SSSR count). The second-order valence-electron chi connectivity index (χ2n) is 5.07. The van der Waals surface area contributed by atoms with Gasteiger partial charge in [0.25, 0.3) is 0 Å². The van der Waals surface area contributed by atoms with E-state index in [0.717, 1.165) is 0 Å². The molecular weight excluding hydrogens is 371 g/mol. The summed E-state index contributed by atoms with van der Waals surface area (Å²) in [6, 6.07) is 11.7. The first-order valence-electron chi connectivity index (χ1n) is 7.15. The molecule has 0 atom stereocenters. The molecular formula is C17H15Cl3N2O2. The second-order valence-corrected chi connectivity index (χ2v) is 6.35. The van der Waals surface area contributed by atoms with Gasteiger partial charge in [-0.1, -0.05) is 40.9 Å². The lowest BCUT2D eigenvalue weighted by atomic mass is 10.2. The topological polar surface area (TPSA) is 49.4 Å². The number of halogens is 3. The Balaban J connectivity index is 2.05. The molecule has 2 aromatic carbocycles. The fourth-order valence-electron chi connectivity index (χ4n) is 2.14. The van der Waals surface area contributed by atoms with Crippen molar-refractivity contribution in [2.24, 2.45) is 0 Å². The number of hydrogen-bond acceptors (Lipinski definition) is 2. The molecule has 0 radical (unpaired) electrons. The SMILES string of the molecule is CC(=O)N(CCC(=O)Nc1cccc(Cl)c1)c1cc(Cl)ccc1Cl. The molecule has 2 aromatic rings. The largest absolute Gasteiger partial charge is 0.326 e. The quantitative estimate of drug-likeness (QED) is 0.785. The minimum Gasteiger partial charge on any atom is -0.326 e. The first-order valence-corrected chi connectivity index (χ1v) is 8.29. The zero-order valence-electron chi connectivity index (χ0n) is 12.9. The number of nitrogens with one attached hydrogen (secondary N) is 1. The van der Waals surface area contributed by atoms with E-state index in [1.54, 1.807) is 42.5 Å². The lowest BCUT2D eigenvalue weighted by Crippen LogP contribution is -2.32. The number of amides is 2. The van der Waals surface area contributed by atoms with E-state index in [-0.39, 0.29) is 24.8 Å². The standard InChI is InChI=1S/C17H15Cl3N2O2/c1-11(23)22(16-10-13(19)5-6-15(16)20)8-7-17(24)21-14-4-2-3-12(18)9-14/h2-6,9-10H,7-8H2,1H3,(H,21,24). The Bertz CT molecular complexity index is 765. The van der Waals surface area contributed by atoms with E-state index in [1.165, 1.54) is 11.8 Å². The van der Waals surface area contributed by atoms with Crippen LogP contribution in [0.3, 0.4) is 0 Å². The number of rotatable bonds is 5. The molecule has 0 unspecified atom stereocenters. The summed E-state index contributed by atoms with van der Waals surface area (Å²) in [6.07, 6.45) is 0.106. The van der Waals surface area contributed by atoms with Gasteiger partial charge < -0.3 is 10.2 Å². The lowest BCUT2D eigenvalue weighted by molar-refractivity contribution is -0.117. The van der Waals surface area contributed by atoms with Crippen molar-refractivity contribution >= 4 is 58.0 Å². The van der Waals surface area contributed by atoms with Crippen LogP contribution in [0.2, 0.25) is 15.1 Å². The lowest BCUT2D eigenvalue weighted by Gasteiger charge is -2.22. The van der Waals surface area contributed by atoms with Crippen LogP contribution in [0.1, 0.15) is 13.3 Å². The van der Waals surface area contributed by atoms with Crippen molar-refractivity contribution in [1.29, 1.82) is 0 Å². The number of hydrogen-bond donors (Lipinski definition) is 1. The Hall–Kier alpha value is -1.75. The summed E-state index contributed by atoms with van der Waals surface area (Å²) in [4.78, 5) is 25.4. The first kappa shape index (κ1) is 18.6. The van der Waals surface area contributed by atoms with Crippen molar-refractivity contribution in [1.82, 2.24) is 0 Å². The molecule has 2 amide bonds. The Labute approximate surface area is 155 Å². The van der Waals surface area contributed by atoms with Crippen molar-refractivity contribution in [2.75, 3.05) is 16.8 Å². The summed E-state index contributed by atoms with van der Waals surface area (Å²) in [5.41, 5.74) is 1.08. The normalized spacial score (nSPS) is 10.3. The molecule has 24 heavy (non-hydrogen) atoms. The Kier molecular flexibility index (Phi) is 6.49. The summed E-state index contributed by atoms with van der Waals surface area (Å²) in [6.45, 7) is 1.59. The van der Waals surface area contributed by atoms with Crippen LogP contribution in [-0.2, 0) is 9.59 Å². The molecule has 7 heteroatoms. The third-order valence-electron chi connectivity index (χ3n) is 3.25. The van der Waals surface area contributed by atoms with Gasteiger partial charge in [-0.25, -0.2) is 0 Å². The van der Waals surface area contributed by atoms with Crippen molar-refractivity contribution in [3.8, 4) is 0 Å². The maximum Gasteiger partial charge on any atom is 0.226 e. The van der Waals surface area contributed by atoms with E-state index in [0.29, 0.717) is 26.4 Å². The van der Waals surface area contributed by atoms with Crippen LogP contribution in [0.4, 0.5) is 11.4 Å². The highest BCUT2D eigenvalue weighted by molar-refractivity contribution is 6.35. The van der Waals surface area contributed by atoms with E-state index < -0.39 is 0 Å². The number of benzene rings is 2. The molecule has 0 bridgehead atoms. The van der Waals surface area contributed by atoms with Gasteiger partial charge in [0.15, 0.2) is 0 Å². The zero-order chi connectivity index (χ0) is 17.7. The van der Waals surface area contributed by atoms with Crippen molar-refractivity contribution in [2.45, 2.75) is 13.3 Å². The summed E-state index contributed by atoms with van der Waals surface area (Å²) < 4.78 is 0. The van der Waals surface area contributed by atoms with Gasteiger partial charge in [0.05, 0.1) is 10.7 Å². The number of carbonyl (C=O) groups excluding carboxylic acids is 2. The average Bonchev–Trinajstić information content (AvgIpc) is 2.50. The third kappa shape index (κ3) is 5.13. The molecule has 0 fully saturated rings. The molecule has 0 spiro atoms. The van der Waals surface area contributed by atoms with Crippen LogP contribution in [0, 0.1) is 0 Å². The highest BCUT2D eigenvalue weighted by Crippen LogP contribution is 2.29. The average molecular weight is 386 g/mol. The highest BCUT2D eigenvalue weighted by atomic mass is 35.5. The smallest absolute Gasteiger partial charge is 0.226 e.